The van der Waals surface area contributed by atoms with Gasteiger partial charge in [0.2, 0.25) is 0 Å². The molecule has 0 amide bonds. The van der Waals surface area contributed by atoms with Crippen LogP contribution >= 0.6 is 11.3 Å². The van der Waals surface area contributed by atoms with E-state index in [9.17, 15) is 4.79 Å². The molecule has 4 heteroatoms. The number of carbonyl (C=O) groups excluding carboxylic acids is 1. The number of esters is 1. The Hall–Kier alpha value is -0.870. The molecule has 0 aromatic carbocycles. The Morgan fingerprint density at radius 2 is 2.33 bits per heavy atom. The molecule has 0 bridgehead atoms. The minimum Gasteiger partial charge on any atom is -0.469 e. The van der Waals surface area contributed by atoms with Gasteiger partial charge in [0, 0.05) is 17.3 Å². The fourth-order valence-electron chi connectivity index (χ4n) is 1.49. The van der Waals surface area contributed by atoms with E-state index in [2.05, 4.69) is 21.1 Å². The van der Waals surface area contributed by atoms with Crippen LogP contribution in [0.1, 0.15) is 23.8 Å². The van der Waals surface area contributed by atoms with Crippen molar-refractivity contribution in [2.24, 2.45) is 0 Å². The van der Waals surface area contributed by atoms with Gasteiger partial charge in [0.05, 0.1) is 7.11 Å². The van der Waals surface area contributed by atoms with Crippen LogP contribution < -0.4 is 0 Å². The van der Waals surface area contributed by atoms with E-state index in [1.807, 2.05) is 20.2 Å². The van der Waals surface area contributed by atoms with Gasteiger partial charge in [-0.15, -0.1) is 11.3 Å². The van der Waals surface area contributed by atoms with Gasteiger partial charge in [-0.2, -0.15) is 0 Å². The van der Waals surface area contributed by atoms with Crippen molar-refractivity contribution >= 4 is 17.3 Å². The molecule has 3 nitrogen and oxygen atoms in total. The normalized spacial score (nSPS) is 12.8. The molecule has 1 rings (SSSR count). The van der Waals surface area contributed by atoms with E-state index in [0.717, 1.165) is 6.42 Å². The zero-order chi connectivity index (χ0) is 11.3. The van der Waals surface area contributed by atoms with E-state index >= 15 is 0 Å². The van der Waals surface area contributed by atoms with Gasteiger partial charge in [0.15, 0.2) is 0 Å². The van der Waals surface area contributed by atoms with Crippen molar-refractivity contribution < 1.29 is 9.53 Å². The lowest BCUT2D eigenvalue weighted by Gasteiger charge is -2.22. The number of ether oxygens (including phenoxy) is 1. The Morgan fingerprint density at radius 1 is 1.60 bits per heavy atom. The summed E-state index contributed by atoms with van der Waals surface area (Å²) >= 11 is 1.72. The average molecular weight is 227 g/mol. The number of rotatable bonds is 5. The summed E-state index contributed by atoms with van der Waals surface area (Å²) in [5.74, 6) is -0.140. The third-order valence-electron chi connectivity index (χ3n) is 2.34. The number of hydrogen-bond donors (Lipinski definition) is 0. The maximum atomic E-state index is 11.1. The Labute approximate surface area is 94.7 Å². The van der Waals surface area contributed by atoms with Crippen LogP contribution in [-0.4, -0.2) is 32.1 Å². The zero-order valence-corrected chi connectivity index (χ0v) is 10.2. The van der Waals surface area contributed by atoms with Crippen molar-refractivity contribution in [1.29, 1.82) is 0 Å². The van der Waals surface area contributed by atoms with Gasteiger partial charge in [-0.05, 0) is 32.0 Å². The van der Waals surface area contributed by atoms with Crippen molar-refractivity contribution in [3.8, 4) is 0 Å². The van der Waals surface area contributed by atoms with E-state index in [0.29, 0.717) is 12.5 Å². The van der Waals surface area contributed by atoms with Gasteiger partial charge in [-0.25, -0.2) is 0 Å². The van der Waals surface area contributed by atoms with Gasteiger partial charge in [-0.1, -0.05) is 6.07 Å². The first-order valence-electron chi connectivity index (χ1n) is 4.91. The van der Waals surface area contributed by atoms with Gasteiger partial charge in [0.25, 0.3) is 0 Å². The molecule has 0 aliphatic heterocycles. The lowest BCUT2D eigenvalue weighted by molar-refractivity contribution is -0.141. The molecule has 15 heavy (non-hydrogen) atoms. The van der Waals surface area contributed by atoms with Crippen LogP contribution in [0.15, 0.2) is 17.5 Å². The van der Waals surface area contributed by atoms with Crippen molar-refractivity contribution in [3.05, 3.63) is 22.4 Å². The fourth-order valence-corrected chi connectivity index (χ4v) is 2.45. The molecule has 0 saturated carbocycles. The first-order valence-corrected chi connectivity index (χ1v) is 5.79. The van der Waals surface area contributed by atoms with Crippen molar-refractivity contribution in [2.75, 3.05) is 21.2 Å². The SMILES string of the molecule is COC(=O)CCC(c1cccs1)N(C)C. The smallest absolute Gasteiger partial charge is 0.305 e. The molecule has 0 aliphatic rings. The van der Waals surface area contributed by atoms with Crippen LogP contribution in [-0.2, 0) is 9.53 Å². The van der Waals surface area contributed by atoms with Gasteiger partial charge in [-0.3, -0.25) is 4.79 Å². The molecule has 1 aromatic rings. The Morgan fingerprint density at radius 3 is 2.80 bits per heavy atom. The van der Waals surface area contributed by atoms with E-state index in [-0.39, 0.29) is 5.97 Å². The molecule has 0 radical (unpaired) electrons. The van der Waals surface area contributed by atoms with Gasteiger partial charge >= 0.3 is 5.97 Å². The highest BCUT2D eigenvalue weighted by Crippen LogP contribution is 2.27. The summed E-state index contributed by atoms with van der Waals surface area (Å²) in [6.45, 7) is 0. The molecule has 0 spiro atoms. The zero-order valence-electron chi connectivity index (χ0n) is 9.40. The lowest BCUT2D eigenvalue weighted by atomic mass is 10.1. The second-order valence-corrected chi connectivity index (χ2v) is 4.59. The number of nitrogens with zero attached hydrogens (tertiary/aromatic N) is 1. The standard InChI is InChI=1S/C11H17NO2S/c1-12(2)9(6-7-11(13)14-3)10-5-4-8-15-10/h4-5,8-9H,6-7H2,1-3H3. The molecule has 0 N–H and O–H groups in total. The molecular weight excluding hydrogens is 210 g/mol. The van der Waals surface area contributed by atoms with Crippen LogP contribution in [0.4, 0.5) is 0 Å². The number of thiophene rings is 1. The average Bonchev–Trinajstić information content (AvgIpc) is 2.70. The highest BCUT2D eigenvalue weighted by molar-refractivity contribution is 7.10. The van der Waals surface area contributed by atoms with E-state index in [1.54, 1.807) is 11.3 Å². The predicted molar refractivity (Wildman–Crippen MR) is 62.0 cm³/mol. The highest BCUT2D eigenvalue weighted by Gasteiger charge is 2.16. The van der Waals surface area contributed by atoms with Crippen LogP contribution in [0.5, 0.6) is 0 Å². The van der Waals surface area contributed by atoms with Crippen molar-refractivity contribution in [2.45, 2.75) is 18.9 Å². The van der Waals surface area contributed by atoms with Crippen molar-refractivity contribution in [3.63, 3.8) is 0 Å². The summed E-state index contributed by atoms with van der Waals surface area (Å²) in [5.41, 5.74) is 0. The van der Waals surface area contributed by atoms with Crippen LogP contribution in [0.3, 0.4) is 0 Å². The molecule has 0 saturated heterocycles. The molecule has 1 unspecified atom stereocenters. The summed E-state index contributed by atoms with van der Waals surface area (Å²) < 4.78 is 4.64. The summed E-state index contributed by atoms with van der Waals surface area (Å²) in [4.78, 5) is 14.5. The molecule has 1 heterocycles. The Balaban J connectivity index is 2.56. The Bertz CT molecular complexity index is 296. The van der Waals surface area contributed by atoms with Crippen LogP contribution in [0.2, 0.25) is 0 Å². The molecule has 1 atom stereocenters. The molecule has 0 aliphatic carbocycles. The first kappa shape index (κ1) is 12.2. The molecular formula is C11H17NO2S. The van der Waals surface area contributed by atoms with Gasteiger partial charge < -0.3 is 9.64 Å². The second kappa shape index (κ2) is 5.88. The fraction of sp³-hybridized carbons (Fsp3) is 0.545. The first-order chi connectivity index (χ1) is 7.15. The summed E-state index contributed by atoms with van der Waals surface area (Å²) in [6.07, 6.45) is 1.28. The third kappa shape index (κ3) is 3.64. The highest BCUT2D eigenvalue weighted by atomic mass is 32.1. The van der Waals surface area contributed by atoms with E-state index < -0.39 is 0 Å². The molecule has 1 aromatic heterocycles. The molecule has 0 fully saturated rings. The van der Waals surface area contributed by atoms with E-state index in [1.165, 1.54) is 12.0 Å². The summed E-state index contributed by atoms with van der Waals surface area (Å²) in [6, 6.07) is 4.45. The maximum Gasteiger partial charge on any atom is 0.305 e. The van der Waals surface area contributed by atoms with Crippen molar-refractivity contribution in [1.82, 2.24) is 4.90 Å². The summed E-state index contributed by atoms with van der Waals surface area (Å²) in [5, 5.41) is 2.06. The predicted octanol–water partition coefficient (Wildman–Crippen LogP) is 2.30. The largest absolute Gasteiger partial charge is 0.469 e. The monoisotopic (exact) mass is 227 g/mol. The lowest BCUT2D eigenvalue weighted by Crippen LogP contribution is -2.20. The minimum atomic E-state index is -0.140. The quantitative estimate of drug-likeness (QED) is 0.723. The van der Waals surface area contributed by atoms with Crippen LogP contribution in [0.25, 0.3) is 0 Å². The number of hydrogen-bond acceptors (Lipinski definition) is 4. The van der Waals surface area contributed by atoms with Crippen LogP contribution in [0, 0.1) is 0 Å². The Kier molecular flexibility index (Phi) is 4.78. The summed E-state index contributed by atoms with van der Waals surface area (Å²) in [7, 11) is 5.49. The maximum absolute atomic E-state index is 11.1. The van der Waals surface area contributed by atoms with E-state index in [4.69, 9.17) is 0 Å². The number of methoxy groups -OCH3 is 1. The third-order valence-corrected chi connectivity index (χ3v) is 3.32. The van der Waals surface area contributed by atoms with Gasteiger partial charge in [0.1, 0.15) is 0 Å². The topological polar surface area (TPSA) is 29.5 Å². The second-order valence-electron chi connectivity index (χ2n) is 3.61. The minimum absolute atomic E-state index is 0.140. The number of carbonyl (C=O) groups is 1. The molecule has 84 valence electrons.